The average Bonchev–Trinajstić information content (AvgIpc) is 2.35. The van der Waals surface area contributed by atoms with Crippen LogP contribution in [0.3, 0.4) is 0 Å². The Bertz CT molecular complexity index is 390. The molecule has 0 bridgehead atoms. The Kier molecular flexibility index (Phi) is 3.93. The fourth-order valence-corrected chi connectivity index (χ4v) is 2.41. The van der Waals surface area contributed by atoms with Crippen LogP contribution < -0.4 is 10.1 Å². The van der Waals surface area contributed by atoms with Crippen molar-refractivity contribution in [2.24, 2.45) is 0 Å². The molecule has 100 valence electrons. The van der Waals surface area contributed by atoms with Gasteiger partial charge in [0.25, 0.3) is 0 Å². The molecule has 1 heterocycles. The maximum atomic E-state index is 6.15. The number of morpholine rings is 1. The first kappa shape index (κ1) is 13.4. The topological polar surface area (TPSA) is 30.5 Å². The molecule has 1 N–H and O–H groups in total. The van der Waals surface area contributed by atoms with Gasteiger partial charge >= 0.3 is 0 Å². The van der Waals surface area contributed by atoms with Crippen molar-refractivity contribution < 1.29 is 9.47 Å². The van der Waals surface area contributed by atoms with Crippen LogP contribution in [-0.4, -0.2) is 31.4 Å². The van der Waals surface area contributed by atoms with Crippen LogP contribution in [0.4, 0.5) is 0 Å². The summed E-state index contributed by atoms with van der Waals surface area (Å²) < 4.78 is 11.3. The van der Waals surface area contributed by atoms with E-state index in [9.17, 15) is 0 Å². The molecule has 1 fully saturated rings. The molecule has 0 saturated carbocycles. The Labute approximate surface area is 109 Å². The molecule has 3 atom stereocenters. The van der Waals surface area contributed by atoms with E-state index >= 15 is 0 Å². The first-order valence-electron chi connectivity index (χ1n) is 6.56. The number of benzene rings is 1. The van der Waals surface area contributed by atoms with E-state index in [1.54, 1.807) is 7.11 Å². The quantitative estimate of drug-likeness (QED) is 0.892. The smallest absolute Gasteiger partial charge is 0.118 e. The average molecular weight is 249 g/mol. The molecule has 1 aromatic carbocycles. The van der Waals surface area contributed by atoms with Crippen LogP contribution in [0.25, 0.3) is 0 Å². The Morgan fingerprint density at radius 2 is 2.00 bits per heavy atom. The standard InChI is InChI=1S/C15H23NO2/c1-11-12(2)18-15(3,10-16-11)9-13-5-7-14(17-4)8-6-13/h5-8,11-12,16H,9-10H2,1-4H3. The van der Waals surface area contributed by atoms with E-state index in [4.69, 9.17) is 9.47 Å². The zero-order valence-electron chi connectivity index (χ0n) is 11.7. The molecule has 0 amide bonds. The fraction of sp³-hybridized carbons (Fsp3) is 0.600. The van der Waals surface area contributed by atoms with Crippen molar-refractivity contribution in [2.75, 3.05) is 13.7 Å². The molecule has 0 radical (unpaired) electrons. The minimum Gasteiger partial charge on any atom is -0.497 e. The summed E-state index contributed by atoms with van der Waals surface area (Å²) in [5.41, 5.74) is 1.16. The van der Waals surface area contributed by atoms with Crippen molar-refractivity contribution in [3.8, 4) is 5.75 Å². The number of ether oxygens (including phenoxy) is 2. The highest BCUT2D eigenvalue weighted by Crippen LogP contribution is 2.24. The van der Waals surface area contributed by atoms with Gasteiger partial charge in [0.05, 0.1) is 18.8 Å². The van der Waals surface area contributed by atoms with Gasteiger partial charge in [0.15, 0.2) is 0 Å². The maximum absolute atomic E-state index is 6.15. The van der Waals surface area contributed by atoms with E-state index in [2.05, 4.69) is 38.2 Å². The van der Waals surface area contributed by atoms with E-state index < -0.39 is 0 Å². The number of hydrogen-bond acceptors (Lipinski definition) is 3. The van der Waals surface area contributed by atoms with Gasteiger partial charge in [0, 0.05) is 19.0 Å². The summed E-state index contributed by atoms with van der Waals surface area (Å²) in [6.07, 6.45) is 1.17. The van der Waals surface area contributed by atoms with Crippen molar-refractivity contribution >= 4 is 0 Å². The maximum Gasteiger partial charge on any atom is 0.118 e. The summed E-state index contributed by atoms with van der Waals surface area (Å²) in [4.78, 5) is 0. The normalized spacial score (nSPS) is 32.2. The van der Waals surface area contributed by atoms with Gasteiger partial charge in [-0.25, -0.2) is 0 Å². The van der Waals surface area contributed by atoms with E-state index in [0.29, 0.717) is 6.04 Å². The Morgan fingerprint density at radius 1 is 1.33 bits per heavy atom. The molecule has 1 saturated heterocycles. The lowest BCUT2D eigenvalue weighted by molar-refractivity contribution is -0.114. The molecule has 1 aliphatic heterocycles. The first-order valence-corrected chi connectivity index (χ1v) is 6.56. The lowest BCUT2D eigenvalue weighted by Crippen LogP contribution is -2.56. The van der Waals surface area contributed by atoms with Crippen LogP contribution >= 0.6 is 0 Å². The Balaban J connectivity index is 2.03. The summed E-state index contributed by atoms with van der Waals surface area (Å²) in [7, 11) is 1.69. The predicted molar refractivity (Wildman–Crippen MR) is 73.1 cm³/mol. The summed E-state index contributed by atoms with van der Waals surface area (Å²) in [5.74, 6) is 0.897. The molecule has 0 aromatic heterocycles. The lowest BCUT2D eigenvalue weighted by atomic mass is 9.93. The summed E-state index contributed by atoms with van der Waals surface area (Å²) in [6.45, 7) is 7.36. The van der Waals surface area contributed by atoms with Gasteiger partial charge in [-0.05, 0) is 38.5 Å². The monoisotopic (exact) mass is 249 g/mol. The molecule has 2 rings (SSSR count). The van der Waals surface area contributed by atoms with Crippen molar-refractivity contribution in [3.05, 3.63) is 29.8 Å². The number of nitrogens with one attached hydrogen (secondary N) is 1. The van der Waals surface area contributed by atoms with Gasteiger partial charge in [-0.3, -0.25) is 0 Å². The highest BCUT2D eigenvalue weighted by molar-refractivity contribution is 5.28. The predicted octanol–water partition coefficient (Wildman–Crippen LogP) is 2.39. The van der Waals surface area contributed by atoms with Crippen molar-refractivity contribution in [3.63, 3.8) is 0 Å². The van der Waals surface area contributed by atoms with Gasteiger partial charge in [-0.15, -0.1) is 0 Å². The van der Waals surface area contributed by atoms with E-state index in [-0.39, 0.29) is 11.7 Å². The van der Waals surface area contributed by atoms with E-state index in [1.165, 1.54) is 5.56 Å². The first-order chi connectivity index (χ1) is 8.52. The summed E-state index contributed by atoms with van der Waals surface area (Å²) in [5, 5.41) is 3.52. The van der Waals surface area contributed by atoms with Crippen molar-refractivity contribution in [1.82, 2.24) is 5.32 Å². The molecule has 18 heavy (non-hydrogen) atoms. The van der Waals surface area contributed by atoms with Gasteiger partial charge in [-0.1, -0.05) is 12.1 Å². The highest BCUT2D eigenvalue weighted by Gasteiger charge is 2.34. The van der Waals surface area contributed by atoms with Crippen LogP contribution in [0.15, 0.2) is 24.3 Å². The van der Waals surface area contributed by atoms with Crippen LogP contribution in [-0.2, 0) is 11.2 Å². The van der Waals surface area contributed by atoms with Gasteiger partial charge in [-0.2, -0.15) is 0 Å². The minimum atomic E-state index is -0.124. The zero-order valence-corrected chi connectivity index (χ0v) is 11.7. The van der Waals surface area contributed by atoms with Gasteiger partial charge in [0.2, 0.25) is 0 Å². The number of rotatable bonds is 3. The number of methoxy groups -OCH3 is 1. The third-order valence-corrected chi connectivity index (χ3v) is 3.71. The second kappa shape index (κ2) is 5.29. The van der Waals surface area contributed by atoms with Crippen LogP contribution in [0, 0.1) is 0 Å². The van der Waals surface area contributed by atoms with Gasteiger partial charge in [0.1, 0.15) is 5.75 Å². The fourth-order valence-electron chi connectivity index (χ4n) is 2.41. The van der Waals surface area contributed by atoms with Crippen molar-refractivity contribution in [2.45, 2.75) is 44.9 Å². The van der Waals surface area contributed by atoms with Crippen LogP contribution in [0.5, 0.6) is 5.75 Å². The Hall–Kier alpha value is -1.06. The second-order valence-corrected chi connectivity index (χ2v) is 5.47. The van der Waals surface area contributed by atoms with Gasteiger partial charge < -0.3 is 14.8 Å². The minimum absolute atomic E-state index is 0.124. The molecular formula is C15H23NO2. The Morgan fingerprint density at radius 3 is 2.56 bits per heavy atom. The second-order valence-electron chi connectivity index (χ2n) is 5.47. The largest absolute Gasteiger partial charge is 0.497 e. The summed E-state index contributed by atoms with van der Waals surface area (Å²) in [6, 6.07) is 8.64. The molecule has 3 heteroatoms. The molecule has 1 aromatic rings. The molecule has 3 nitrogen and oxygen atoms in total. The molecule has 0 spiro atoms. The van der Waals surface area contributed by atoms with Crippen molar-refractivity contribution in [1.29, 1.82) is 0 Å². The molecule has 3 unspecified atom stereocenters. The summed E-state index contributed by atoms with van der Waals surface area (Å²) >= 11 is 0. The highest BCUT2D eigenvalue weighted by atomic mass is 16.5. The van der Waals surface area contributed by atoms with E-state index in [1.807, 2.05) is 12.1 Å². The zero-order chi connectivity index (χ0) is 13.2. The molecular weight excluding hydrogens is 226 g/mol. The third kappa shape index (κ3) is 3.03. The van der Waals surface area contributed by atoms with Crippen LogP contribution in [0.2, 0.25) is 0 Å². The molecule has 0 aliphatic carbocycles. The number of hydrogen-bond donors (Lipinski definition) is 1. The van der Waals surface area contributed by atoms with Crippen LogP contribution in [0.1, 0.15) is 26.3 Å². The SMILES string of the molecule is COc1ccc(CC2(C)CNC(C)C(C)O2)cc1. The lowest BCUT2D eigenvalue weighted by Gasteiger charge is -2.41. The third-order valence-electron chi connectivity index (χ3n) is 3.71. The van der Waals surface area contributed by atoms with E-state index in [0.717, 1.165) is 18.7 Å². The molecule has 1 aliphatic rings.